The van der Waals surface area contributed by atoms with Crippen molar-refractivity contribution in [3.05, 3.63) is 30.1 Å². The van der Waals surface area contributed by atoms with Gasteiger partial charge in [0.05, 0.1) is 5.69 Å². The molecule has 0 bridgehead atoms. The summed E-state index contributed by atoms with van der Waals surface area (Å²) in [4.78, 5) is 18.7. The zero-order chi connectivity index (χ0) is 16.1. The minimum Gasteiger partial charge on any atom is -0.311 e. The summed E-state index contributed by atoms with van der Waals surface area (Å²) < 4.78 is 0. The second-order valence-electron chi connectivity index (χ2n) is 6.06. The van der Waals surface area contributed by atoms with Crippen molar-refractivity contribution in [3.63, 3.8) is 0 Å². The number of aromatic amines is 1. The number of likely N-dealkylation sites (tertiary alicyclic amines) is 1. The molecule has 3 heterocycles. The Hall–Kier alpha value is -2.21. The van der Waals surface area contributed by atoms with E-state index in [9.17, 15) is 4.79 Å². The highest BCUT2D eigenvalue weighted by atomic mass is 16.1. The van der Waals surface area contributed by atoms with Gasteiger partial charge < -0.3 is 10.2 Å². The number of anilines is 1. The van der Waals surface area contributed by atoms with Gasteiger partial charge in [0.25, 0.3) is 0 Å². The summed E-state index contributed by atoms with van der Waals surface area (Å²) in [5, 5.41) is 9.96. The number of hydrogen-bond acceptors (Lipinski definition) is 4. The monoisotopic (exact) mass is 313 g/mol. The van der Waals surface area contributed by atoms with Gasteiger partial charge in [-0.15, -0.1) is 0 Å². The van der Waals surface area contributed by atoms with Crippen LogP contribution in [0, 0.1) is 6.92 Å². The Bertz CT molecular complexity index is 643. The Morgan fingerprint density at radius 3 is 2.91 bits per heavy atom. The summed E-state index contributed by atoms with van der Waals surface area (Å²) in [6.45, 7) is 5.31. The van der Waals surface area contributed by atoms with Crippen LogP contribution >= 0.6 is 0 Å². The predicted octanol–water partition coefficient (Wildman–Crippen LogP) is 2.59. The van der Waals surface area contributed by atoms with E-state index in [2.05, 4.69) is 25.4 Å². The maximum Gasteiger partial charge on any atom is 0.225 e. The Morgan fingerprint density at radius 2 is 2.17 bits per heavy atom. The first kappa shape index (κ1) is 15.7. The molecule has 2 N–H and O–H groups in total. The Labute approximate surface area is 136 Å². The highest BCUT2D eigenvalue weighted by Gasteiger charge is 2.12. The summed E-state index contributed by atoms with van der Waals surface area (Å²) in [5.74, 6) is 0.660. The van der Waals surface area contributed by atoms with Crippen molar-refractivity contribution in [1.29, 1.82) is 0 Å². The van der Waals surface area contributed by atoms with Gasteiger partial charge in [-0.25, -0.2) is 0 Å². The van der Waals surface area contributed by atoms with E-state index in [0.717, 1.165) is 29.9 Å². The first-order valence-electron chi connectivity index (χ1n) is 8.21. The van der Waals surface area contributed by atoms with E-state index >= 15 is 0 Å². The van der Waals surface area contributed by atoms with Gasteiger partial charge in [-0.3, -0.25) is 14.9 Å². The van der Waals surface area contributed by atoms with Crippen LogP contribution in [-0.4, -0.2) is 45.6 Å². The molecule has 0 spiro atoms. The molecule has 0 aliphatic carbocycles. The zero-order valence-corrected chi connectivity index (χ0v) is 13.5. The molecule has 6 heteroatoms. The number of pyridine rings is 1. The molecule has 2 aromatic rings. The molecule has 0 aromatic carbocycles. The number of carbonyl (C=O) groups is 1. The highest BCUT2D eigenvalue weighted by molar-refractivity contribution is 5.90. The van der Waals surface area contributed by atoms with Crippen molar-refractivity contribution in [1.82, 2.24) is 20.1 Å². The predicted molar refractivity (Wildman–Crippen MR) is 90.1 cm³/mol. The molecule has 1 aliphatic rings. The molecule has 3 rings (SSSR count). The molecule has 23 heavy (non-hydrogen) atoms. The average molecular weight is 313 g/mol. The average Bonchev–Trinajstić information content (AvgIpc) is 3.20. The maximum absolute atomic E-state index is 12.0. The number of carbonyl (C=O) groups excluding carboxylic acids is 1. The lowest BCUT2D eigenvalue weighted by Gasteiger charge is -2.13. The third-order valence-corrected chi connectivity index (χ3v) is 4.14. The van der Waals surface area contributed by atoms with Crippen LogP contribution < -0.4 is 5.32 Å². The van der Waals surface area contributed by atoms with Crippen LogP contribution in [0.25, 0.3) is 11.3 Å². The molecular formula is C17H23N5O. The van der Waals surface area contributed by atoms with E-state index in [1.807, 2.05) is 25.1 Å². The van der Waals surface area contributed by atoms with E-state index in [1.165, 1.54) is 25.9 Å². The number of nitrogens with zero attached hydrogens (tertiary/aromatic N) is 3. The fourth-order valence-corrected chi connectivity index (χ4v) is 2.84. The Kier molecular flexibility index (Phi) is 5.02. The van der Waals surface area contributed by atoms with Gasteiger partial charge in [0.15, 0.2) is 0 Å². The van der Waals surface area contributed by atoms with E-state index in [4.69, 9.17) is 0 Å². The number of nitrogens with one attached hydrogen (secondary N) is 2. The fourth-order valence-electron chi connectivity index (χ4n) is 2.84. The van der Waals surface area contributed by atoms with E-state index < -0.39 is 0 Å². The topological polar surface area (TPSA) is 73.9 Å². The van der Waals surface area contributed by atoms with Crippen molar-refractivity contribution in [2.45, 2.75) is 32.6 Å². The van der Waals surface area contributed by atoms with Crippen molar-refractivity contribution < 1.29 is 4.79 Å². The second-order valence-corrected chi connectivity index (χ2v) is 6.06. The smallest absolute Gasteiger partial charge is 0.225 e. The molecule has 0 unspecified atom stereocenters. The largest absolute Gasteiger partial charge is 0.311 e. The lowest BCUT2D eigenvalue weighted by atomic mass is 10.2. The Morgan fingerprint density at radius 1 is 1.35 bits per heavy atom. The minimum absolute atomic E-state index is 0.0291. The number of amides is 1. The van der Waals surface area contributed by atoms with Crippen LogP contribution in [0.3, 0.4) is 0 Å². The zero-order valence-electron chi connectivity index (χ0n) is 13.5. The summed E-state index contributed by atoms with van der Waals surface area (Å²) in [6, 6.07) is 5.76. The van der Waals surface area contributed by atoms with E-state index in [1.54, 1.807) is 6.20 Å². The molecule has 2 aromatic heterocycles. The molecule has 1 fully saturated rings. The minimum atomic E-state index is 0.0291. The fraction of sp³-hybridized carbons (Fsp3) is 0.471. The molecular weight excluding hydrogens is 290 g/mol. The molecule has 6 nitrogen and oxygen atoms in total. The Balaban J connectivity index is 1.48. The van der Waals surface area contributed by atoms with Crippen molar-refractivity contribution >= 4 is 11.7 Å². The first-order valence-corrected chi connectivity index (χ1v) is 8.21. The van der Waals surface area contributed by atoms with Crippen molar-refractivity contribution in [2.24, 2.45) is 0 Å². The molecule has 122 valence electrons. The van der Waals surface area contributed by atoms with Crippen LogP contribution in [0.4, 0.5) is 5.82 Å². The maximum atomic E-state index is 12.0. The second kappa shape index (κ2) is 7.37. The number of aromatic nitrogens is 3. The molecule has 1 saturated heterocycles. The number of aryl methyl sites for hydroxylation is 1. The van der Waals surface area contributed by atoms with Crippen molar-refractivity contribution in [3.8, 4) is 11.3 Å². The summed E-state index contributed by atoms with van der Waals surface area (Å²) >= 11 is 0. The summed E-state index contributed by atoms with van der Waals surface area (Å²) in [6.07, 6.45) is 5.80. The molecule has 0 atom stereocenters. The van der Waals surface area contributed by atoms with Gasteiger partial charge in [-0.05, 0) is 58.0 Å². The van der Waals surface area contributed by atoms with Gasteiger partial charge in [-0.2, -0.15) is 5.10 Å². The number of H-pyrrole nitrogens is 1. The SMILES string of the molecule is Cc1ccc(-c2cc(NC(=O)CCCN3CCCC3)[nH]n2)cn1. The first-order chi connectivity index (χ1) is 11.2. The van der Waals surface area contributed by atoms with Crippen LogP contribution in [0.1, 0.15) is 31.4 Å². The van der Waals surface area contributed by atoms with Gasteiger partial charge >= 0.3 is 0 Å². The highest BCUT2D eigenvalue weighted by Crippen LogP contribution is 2.19. The summed E-state index contributed by atoms with van der Waals surface area (Å²) in [5.41, 5.74) is 2.68. The third kappa shape index (κ3) is 4.39. The number of hydrogen-bond donors (Lipinski definition) is 2. The van der Waals surface area contributed by atoms with Crippen molar-refractivity contribution in [2.75, 3.05) is 25.0 Å². The standard InChI is InChI=1S/C17H23N5O/c1-13-6-7-14(12-18-13)15-11-16(21-20-15)19-17(23)5-4-10-22-8-2-3-9-22/h6-7,11-12H,2-5,8-10H2,1H3,(H2,19,20,21,23). The van der Waals surface area contributed by atoms with Crippen LogP contribution in [0.2, 0.25) is 0 Å². The van der Waals surface area contributed by atoms with Gasteiger partial charge in [-0.1, -0.05) is 0 Å². The number of rotatable bonds is 6. The normalized spacial score (nSPS) is 15.0. The third-order valence-electron chi connectivity index (χ3n) is 4.14. The summed E-state index contributed by atoms with van der Waals surface area (Å²) in [7, 11) is 0. The quantitative estimate of drug-likeness (QED) is 0.859. The van der Waals surface area contributed by atoms with Crippen LogP contribution in [0.5, 0.6) is 0 Å². The molecule has 1 amide bonds. The molecule has 1 aliphatic heterocycles. The molecule has 0 radical (unpaired) electrons. The van der Waals surface area contributed by atoms with Gasteiger partial charge in [0, 0.05) is 29.9 Å². The van der Waals surface area contributed by atoms with Crippen LogP contribution in [-0.2, 0) is 4.79 Å². The van der Waals surface area contributed by atoms with Gasteiger partial charge in [0.2, 0.25) is 5.91 Å². The van der Waals surface area contributed by atoms with Crippen LogP contribution in [0.15, 0.2) is 24.4 Å². The lowest BCUT2D eigenvalue weighted by molar-refractivity contribution is -0.116. The van der Waals surface area contributed by atoms with E-state index in [-0.39, 0.29) is 5.91 Å². The van der Waals surface area contributed by atoms with E-state index in [0.29, 0.717) is 12.2 Å². The lowest BCUT2D eigenvalue weighted by Crippen LogP contribution is -2.22. The molecule has 0 saturated carbocycles. The van der Waals surface area contributed by atoms with Gasteiger partial charge in [0.1, 0.15) is 5.82 Å².